The summed E-state index contributed by atoms with van der Waals surface area (Å²) in [5.74, 6) is -0.0719. The molecule has 0 radical (unpaired) electrons. The molecule has 1 N–H and O–H groups in total. The van der Waals surface area contributed by atoms with Gasteiger partial charge in [-0.05, 0) is 35.9 Å². The zero-order chi connectivity index (χ0) is 16.8. The Hall–Kier alpha value is -2.23. The molecule has 1 atom stereocenters. The van der Waals surface area contributed by atoms with Crippen LogP contribution in [0, 0.1) is 0 Å². The number of nitrogens with one attached hydrogen (secondary N) is 1. The lowest BCUT2D eigenvalue weighted by Gasteiger charge is -2.17. The van der Waals surface area contributed by atoms with Crippen molar-refractivity contribution in [1.29, 1.82) is 0 Å². The van der Waals surface area contributed by atoms with Crippen LogP contribution in [0.25, 0.3) is 0 Å². The molecule has 2 nitrogen and oxygen atoms in total. The summed E-state index contributed by atoms with van der Waals surface area (Å²) < 4.78 is 0. The van der Waals surface area contributed by atoms with Crippen LogP contribution >= 0.6 is 23.4 Å². The van der Waals surface area contributed by atoms with Crippen LogP contribution < -0.4 is 5.32 Å². The summed E-state index contributed by atoms with van der Waals surface area (Å²) in [6.45, 7) is 0. The Balaban J connectivity index is 1.85. The largest absolute Gasteiger partial charge is 0.325 e. The first-order valence-corrected chi connectivity index (χ1v) is 8.81. The van der Waals surface area contributed by atoms with Crippen LogP contribution in [0.4, 0.5) is 5.69 Å². The van der Waals surface area contributed by atoms with Crippen LogP contribution in [0.1, 0.15) is 10.8 Å². The fraction of sp³-hybridized carbons (Fsp3) is 0.0500. The summed E-state index contributed by atoms with van der Waals surface area (Å²) >= 11 is 7.53. The third-order valence-corrected chi connectivity index (χ3v) is 4.93. The molecular weight excluding hydrogens is 338 g/mol. The molecule has 0 saturated heterocycles. The Morgan fingerprint density at radius 1 is 0.875 bits per heavy atom. The zero-order valence-electron chi connectivity index (χ0n) is 12.9. The van der Waals surface area contributed by atoms with E-state index in [1.54, 1.807) is 12.1 Å². The van der Waals surface area contributed by atoms with Crippen molar-refractivity contribution in [3.63, 3.8) is 0 Å². The average molecular weight is 354 g/mol. The van der Waals surface area contributed by atoms with Gasteiger partial charge in [-0.1, -0.05) is 66.2 Å². The number of halogens is 1. The van der Waals surface area contributed by atoms with Gasteiger partial charge >= 0.3 is 0 Å². The fourth-order valence-corrected chi connectivity index (χ4v) is 3.55. The number of amides is 1. The highest BCUT2D eigenvalue weighted by Gasteiger charge is 2.22. The molecule has 4 heteroatoms. The molecule has 0 aliphatic carbocycles. The molecule has 120 valence electrons. The molecule has 0 unspecified atom stereocenters. The molecule has 0 saturated carbocycles. The summed E-state index contributed by atoms with van der Waals surface area (Å²) in [5, 5.41) is 3.21. The minimum atomic E-state index is -0.340. The van der Waals surface area contributed by atoms with E-state index in [-0.39, 0.29) is 11.2 Å². The van der Waals surface area contributed by atoms with Gasteiger partial charge in [-0.15, -0.1) is 11.8 Å². The van der Waals surface area contributed by atoms with Crippen molar-refractivity contribution in [1.82, 2.24) is 0 Å². The first-order chi connectivity index (χ1) is 11.7. The van der Waals surface area contributed by atoms with E-state index in [4.69, 9.17) is 11.6 Å². The van der Waals surface area contributed by atoms with E-state index < -0.39 is 0 Å². The van der Waals surface area contributed by atoms with E-state index in [1.165, 1.54) is 11.8 Å². The van der Waals surface area contributed by atoms with E-state index in [9.17, 15) is 4.79 Å². The minimum absolute atomic E-state index is 0.0719. The van der Waals surface area contributed by atoms with Gasteiger partial charge in [0.05, 0.1) is 0 Å². The summed E-state index contributed by atoms with van der Waals surface area (Å²) in [6, 6.07) is 26.9. The molecule has 0 heterocycles. The maximum atomic E-state index is 12.9. The highest BCUT2D eigenvalue weighted by Crippen LogP contribution is 2.36. The Morgan fingerprint density at radius 2 is 1.54 bits per heavy atom. The molecule has 0 aliphatic heterocycles. The van der Waals surface area contributed by atoms with Crippen molar-refractivity contribution in [2.24, 2.45) is 0 Å². The Kier molecular flexibility index (Phi) is 5.57. The van der Waals surface area contributed by atoms with Crippen LogP contribution in [0.5, 0.6) is 0 Å². The van der Waals surface area contributed by atoms with Crippen LogP contribution in [-0.4, -0.2) is 5.91 Å². The van der Waals surface area contributed by atoms with Gasteiger partial charge in [-0.3, -0.25) is 4.79 Å². The second kappa shape index (κ2) is 8.04. The third-order valence-electron chi connectivity index (χ3n) is 3.43. The summed E-state index contributed by atoms with van der Waals surface area (Å²) in [5.41, 5.74) is 1.66. The number of rotatable bonds is 5. The number of anilines is 1. The first kappa shape index (κ1) is 16.6. The topological polar surface area (TPSA) is 29.1 Å². The minimum Gasteiger partial charge on any atom is -0.325 e. The third kappa shape index (κ3) is 4.40. The lowest BCUT2D eigenvalue weighted by atomic mass is 10.1. The van der Waals surface area contributed by atoms with Crippen molar-refractivity contribution in [3.8, 4) is 0 Å². The van der Waals surface area contributed by atoms with Gasteiger partial charge in [0.2, 0.25) is 5.91 Å². The zero-order valence-corrected chi connectivity index (χ0v) is 14.4. The Morgan fingerprint density at radius 3 is 2.21 bits per heavy atom. The normalized spacial score (nSPS) is 11.7. The molecule has 0 aliphatic rings. The standard InChI is InChI=1S/C20H16ClNOS/c21-16-10-7-11-17(14-16)22-20(23)19(15-8-3-1-4-9-15)24-18-12-5-2-6-13-18/h1-14,19H,(H,22,23)/t19-/m1/s1. The second-order valence-electron chi connectivity index (χ2n) is 5.22. The first-order valence-electron chi connectivity index (χ1n) is 7.55. The van der Waals surface area contributed by atoms with Gasteiger partial charge < -0.3 is 5.32 Å². The highest BCUT2D eigenvalue weighted by molar-refractivity contribution is 8.00. The molecule has 0 fully saturated rings. The molecule has 3 aromatic rings. The van der Waals surface area contributed by atoms with Gasteiger partial charge in [0, 0.05) is 15.6 Å². The van der Waals surface area contributed by atoms with Gasteiger partial charge in [-0.25, -0.2) is 0 Å². The van der Waals surface area contributed by atoms with E-state index in [1.807, 2.05) is 72.8 Å². The molecule has 0 spiro atoms. The van der Waals surface area contributed by atoms with E-state index in [0.29, 0.717) is 10.7 Å². The van der Waals surface area contributed by atoms with Crippen molar-refractivity contribution in [3.05, 3.63) is 95.5 Å². The van der Waals surface area contributed by atoms with Gasteiger partial charge in [-0.2, -0.15) is 0 Å². The molecule has 3 rings (SSSR count). The van der Waals surface area contributed by atoms with Crippen LogP contribution in [0.3, 0.4) is 0 Å². The maximum Gasteiger partial charge on any atom is 0.242 e. The maximum absolute atomic E-state index is 12.9. The SMILES string of the molecule is O=C(Nc1cccc(Cl)c1)[C@H](Sc1ccccc1)c1ccccc1. The summed E-state index contributed by atoms with van der Waals surface area (Å²) in [4.78, 5) is 13.9. The smallest absolute Gasteiger partial charge is 0.242 e. The number of carbonyl (C=O) groups excluding carboxylic acids is 1. The summed E-state index contributed by atoms with van der Waals surface area (Å²) in [7, 11) is 0. The van der Waals surface area contributed by atoms with Gasteiger partial charge in [0.1, 0.15) is 5.25 Å². The Bertz CT molecular complexity index is 808. The predicted molar refractivity (Wildman–Crippen MR) is 102 cm³/mol. The van der Waals surface area contributed by atoms with E-state index in [2.05, 4.69) is 5.32 Å². The lowest BCUT2D eigenvalue weighted by molar-refractivity contribution is -0.115. The number of hydrogen-bond donors (Lipinski definition) is 1. The Labute approximate surface area is 150 Å². The van der Waals surface area contributed by atoms with Crippen LogP contribution in [0.15, 0.2) is 89.8 Å². The predicted octanol–water partition coefficient (Wildman–Crippen LogP) is 5.81. The van der Waals surface area contributed by atoms with Crippen LogP contribution in [-0.2, 0) is 4.79 Å². The molecule has 1 amide bonds. The fourth-order valence-electron chi connectivity index (χ4n) is 2.31. The number of carbonyl (C=O) groups is 1. The lowest BCUT2D eigenvalue weighted by Crippen LogP contribution is -2.19. The molecular formula is C20H16ClNOS. The molecule has 0 bridgehead atoms. The highest BCUT2D eigenvalue weighted by atomic mass is 35.5. The molecule has 24 heavy (non-hydrogen) atoms. The number of hydrogen-bond acceptors (Lipinski definition) is 2. The van der Waals surface area contributed by atoms with Crippen LogP contribution in [0.2, 0.25) is 5.02 Å². The van der Waals surface area contributed by atoms with E-state index >= 15 is 0 Å². The number of thioether (sulfide) groups is 1. The monoisotopic (exact) mass is 353 g/mol. The van der Waals surface area contributed by atoms with Gasteiger partial charge in [0.15, 0.2) is 0 Å². The average Bonchev–Trinajstić information content (AvgIpc) is 2.61. The van der Waals surface area contributed by atoms with E-state index in [0.717, 1.165) is 10.5 Å². The van der Waals surface area contributed by atoms with Crippen molar-refractivity contribution in [2.75, 3.05) is 5.32 Å². The molecule has 0 aromatic heterocycles. The van der Waals surface area contributed by atoms with Crippen molar-refractivity contribution < 1.29 is 4.79 Å². The molecule has 3 aromatic carbocycles. The van der Waals surface area contributed by atoms with Crippen molar-refractivity contribution in [2.45, 2.75) is 10.1 Å². The quantitative estimate of drug-likeness (QED) is 0.586. The van der Waals surface area contributed by atoms with Gasteiger partial charge in [0.25, 0.3) is 0 Å². The summed E-state index contributed by atoms with van der Waals surface area (Å²) in [6.07, 6.45) is 0. The second-order valence-corrected chi connectivity index (χ2v) is 6.84. The van der Waals surface area contributed by atoms with Crippen molar-refractivity contribution >= 4 is 35.0 Å². The number of benzene rings is 3.